The minimum absolute atomic E-state index is 0.264. The Morgan fingerprint density at radius 1 is 1.10 bits per heavy atom. The Morgan fingerprint density at radius 2 is 1.75 bits per heavy atom. The summed E-state index contributed by atoms with van der Waals surface area (Å²) in [6.45, 7) is 0. The van der Waals surface area contributed by atoms with E-state index < -0.39 is 29.2 Å². The van der Waals surface area contributed by atoms with E-state index in [0.717, 1.165) is 30.5 Å². The highest BCUT2D eigenvalue weighted by atomic mass is 19.4. The standard InChI is InChI=1S/C13H7F4NO2/c14-10-3-1-7(5-9(10)12(19)20)8-2-4-11(18-6-8)13(15,16)17/h1-6H,(H,19,20). The molecule has 0 bridgehead atoms. The van der Waals surface area contributed by atoms with E-state index in [1.807, 2.05) is 0 Å². The Labute approximate surface area is 110 Å². The molecule has 7 heteroatoms. The van der Waals surface area contributed by atoms with Crippen molar-refractivity contribution in [3.8, 4) is 11.1 Å². The number of halogens is 4. The van der Waals surface area contributed by atoms with Crippen LogP contribution >= 0.6 is 0 Å². The number of alkyl halides is 3. The lowest BCUT2D eigenvalue weighted by molar-refractivity contribution is -0.141. The van der Waals surface area contributed by atoms with Crippen LogP contribution in [0.2, 0.25) is 0 Å². The normalized spacial score (nSPS) is 11.4. The number of hydrogen-bond acceptors (Lipinski definition) is 2. The molecule has 0 aliphatic carbocycles. The maximum Gasteiger partial charge on any atom is 0.433 e. The van der Waals surface area contributed by atoms with Crippen molar-refractivity contribution in [2.24, 2.45) is 0 Å². The van der Waals surface area contributed by atoms with E-state index in [4.69, 9.17) is 5.11 Å². The van der Waals surface area contributed by atoms with E-state index >= 15 is 0 Å². The van der Waals surface area contributed by atoms with Gasteiger partial charge in [0, 0.05) is 11.8 Å². The second kappa shape index (κ2) is 4.92. The van der Waals surface area contributed by atoms with Crippen molar-refractivity contribution >= 4 is 5.97 Å². The highest BCUT2D eigenvalue weighted by Gasteiger charge is 2.32. The molecule has 0 amide bonds. The van der Waals surface area contributed by atoms with E-state index in [1.54, 1.807) is 0 Å². The van der Waals surface area contributed by atoms with Gasteiger partial charge in [-0.05, 0) is 23.8 Å². The number of pyridine rings is 1. The third-order valence-electron chi connectivity index (χ3n) is 2.58. The molecule has 104 valence electrons. The van der Waals surface area contributed by atoms with Crippen LogP contribution in [0.15, 0.2) is 36.5 Å². The molecule has 1 N–H and O–H groups in total. The van der Waals surface area contributed by atoms with Crippen LogP contribution in [0.4, 0.5) is 17.6 Å². The Kier molecular flexibility index (Phi) is 3.44. The van der Waals surface area contributed by atoms with Gasteiger partial charge in [-0.15, -0.1) is 0 Å². The van der Waals surface area contributed by atoms with Gasteiger partial charge in [-0.3, -0.25) is 4.98 Å². The summed E-state index contributed by atoms with van der Waals surface area (Å²) >= 11 is 0. The minimum atomic E-state index is -4.55. The number of rotatable bonds is 2. The van der Waals surface area contributed by atoms with Gasteiger partial charge in [-0.25, -0.2) is 9.18 Å². The molecule has 0 aliphatic rings. The zero-order valence-electron chi connectivity index (χ0n) is 9.78. The van der Waals surface area contributed by atoms with Gasteiger partial charge in [-0.1, -0.05) is 12.1 Å². The number of benzene rings is 1. The van der Waals surface area contributed by atoms with Crippen molar-refractivity contribution in [3.63, 3.8) is 0 Å². The zero-order chi connectivity index (χ0) is 14.9. The largest absolute Gasteiger partial charge is 0.478 e. The number of carbonyl (C=O) groups is 1. The van der Waals surface area contributed by atoms with E-state index in [1.165, 1.54) is 6.07 Å². The third-order valence-corrected chi connectivity index (χ3v) is 2.58. The fourth-order valence-corrected chi connectivity index (χ4v) is 1.60. The first-order valence-electron chi connectivity index (χ1n) is 5.35. The van der Waals surface area contributed by atoms with Crippen LogP contribution in [-0.2, 0) is 6.18 Å². The molecule has 0 atom stereocenters. The minimum Gasteiger partial charge on any atom is -0.478 e. The third kappa shape index (κ3) is 2.76. The first kappa shape index (κ1) is 14.0. The van der Waals surface area contributed by atoms with E-state index in [0.29, 0.717) is 0 Å². The van der Waals surface area contributed by atoms with Crippen molar-refractivity contribution < 1.29 is 27.5 Å². The van der Waals surface area contributed by atoms with Gasteiger partial charge < -0.3 is 5.11 Å². The molecule has 1 aromatic carbocycles. The molecular formula is C13H7F4NO2. The summed E-state index contributed by atoms with van der Waals surface area (Å²) in [6.07, 6.45) is -3.59. The highest BCUT2D eigenvalue weighted by Crippen LogP contribution is 2.29. The van der Waals surface area contributed by atoms with Crippen molar-refractivity contribution in [1.29, 1.82) is 0 Å². The molecule has 0 unspecified atom stereocenters. The Bertz CT molecular complexity index is 650. The van der Waals surface area contributed by atoms with Crippen LogP contribution in [-0.4, -0.2) is 16.1 Å². The van der Waals surface area contributed by atoms with E-state index in [2.05, 4.69) is 4.98 Å². The molecular weight excluding hydrogens is 278 g/mol. The van der Waals surface area contributed by atoms with Gasteiger partial charge in [0.25, 0.3) is 0 Å². The van der Waals surface area contributed by atoms with Crippen LogP contribution in [0.25, 0.3) is 11.1 Å². The van der Waals surface area contributed by atoms with Crippen molar-refractivity contribution in [1.82, 2.24) is 4.98 Å². The maximum absolute atomic E-state index is 13.2. The molecule has 3 nitrogen and oxygen atoms in total. The van der Waals surface area contributed by atoms with Crippen molar-refractivity contribution in [2.45, 2.75) is 6.18 Å². The number of nitrogens with zero attached hydrogens (tertiary/aromatic N) is 1. The van der Waals surface area contributed by atoms with Crippen LogP contribution in [0, 0.1) is 5.82 Å². The predicted molar refractivity (Wildman–Crippen MR) is 61.6 cm³/mol. The second-order valence-corrected chi connectivity index (χ2v) is 3.93. The number of aromatic carboxylic acids is 1. The van der Waals surface area contributed by atoms with Crippen LogP contribution in [0.1, 0.15) is 16.1 Å². The maximum atomic E-state index is 13.2. The van der Waals surface area contributed by atoms with Gasteiger partial charge in [0.2, 0.25) is 0 Å². The second-order valence-electron chi connectivity index (χ2n) is 3.93. The summed E-state index contributed by atoms with van der Waals surface area (Å²) in [5.41, 5.74) is -1.07. The van der Waals surface area contributed by atoms with Gasteiger partial charge in [0.1, 0.15) is 11.5 Å². The summed E-state index contributed by atoms with van der Waals surface area (Å²) in [5.74, 6) is -2.37. The van der Waals surface area contributed by atoms with Crippen molar-refractivity contribution in [2.75, 3.05) is 0 Å². The molecule has 0 radical (unpaired) electrons. The fourth-order valence-electron chi connectivity index (χ4n) is 1.60. The molecule has 0 fully saturated rings. The van der Waals surface area contributed by atoms with Crippen molar-refractivity contribution in [3.05, 3.63) is 53.6 Å². The molecule has 1 heterocycles. The van der Waals surface area contributed by atoms with Crippen LogP contribution < -0.4 is 0 Å². The van der Waals surface area contributed by atoms with Crippen LogP contribution in [0.5, 0.6) is 0 Å². The van der Waals surface area contributed by atoms with Gasteiger partial charge in [0.05, 0.1) is 5.56 Å². The predicted octanol–water partition coefficient (Wildman–Crippen LogP) is 3.60. The molecule has 0 saturated heterocycles. The fraction of sp³-hybridized carbons (Fsp3) is 0.0769. The Hall–Kier alpha value is -2.44. The molecule has 0 saturated carbocycles. The lowest BCUT2D eigenvalue weighted by atomic mass is 10.0. The number of hydrogen-bond donors (Lipinski definition) is 1. The lowest BCUT2D eigenvalue weighted by Crippen LogP contribution is -2.07. The van der Waals surface area contributed by atoms with E-state index in [-0.39, 0.29) is 11.1 Å². The summed E-state index contributed by atoms with van der Waals surface area (Å²) in [4.78, 5) is 14.0. The highest BCUT2D eigenvalue weighted by molar-refractivity contribution is 5.89. The average Bonchev–Trinajstić information content (AvgIpc) is 2.38. The van der Waals surface area contributed by atoms with Gasteiger partial charge >= 0.3 is 12.1 Å². The molecule has 2 aromatic rings. The number of carboxylic acid groups (broad SMARTS) is 1. The van der Waals surface area contributed by atoms with Gasteiger partial charge in [0.15, 0.2) is 0 Å². The Balaban J connectivity index is 2.42. The molecule has 20 heavy (non-hydrogen) atoms. The quantitative estimate of drug-likeness (QED) is 0.858. The summed E-state index contributed by atoms with van der Waals surface area (Å²) < 4.78 is 50.3. The Morgan fingerprint density at radius 3 is 2.25 bits per heavy atom. The van der Waals surface area contributed by atoms with Gasteiger partial charge in [-0.2, -0.15) is 13.2 Å². The smallest absolute Gasteiger partial charge is 0.433 e. The summed E-state index contributed by atoms with van der Waals surface area (Å²) in [6, 6.07) is 5.18. The molecule has 0 spiro atoms. The SMILES string of the molecule is O=C(O)c1cc(-c2ccc(C(F)(F)F)nc2)ccc1F. The lowest BCUT2D eigenvalue weighted by Gasteiger charge is -2.07. The summed E-state index contributed by atoms with van der Waals surface area (Å²) in [7, 11) is 0. The monoisotopic (exact) mass is 285 g/mol. The topological polar surface area (TPSA) is 50.2 Å². The first-order chi connectivity index (χ1) is 9.29. The number of aromatic nitrogens is 1. The molecule has 0 aliphatic heterocycles. The zero-order valence-corrected chi connectivity index (χ0v) is 9.78. The van der Waals surface area contributed by atoms with E-state index in [9.17, 15) is 22.4 Å². The van der Waals surface area contributed by atoms with Crippen LogP contribution in [0.3, 0.4) is 0 Å². The molecule has 1 aromatic heterocycles. The first-order valence-corrected chi connectivity index (χ1v) is 5.35. The number of carboxylic acids is 1. The summed E-state index contributed by atoms with van der Waals surface area (Å²) in [5, 5.41) is 8.78. The average molecular weight is 285 g/mol. The molecule has 2 rings (SSSR count).